The molecular formula is C24H24N2O6. The van der Waals surface area contributed by atoms with E-state index >= 15 is 0 Å². The van der Waals surface area contributed by atoms with Crippen LogP contribution in [0.5, 0.6) is 5.75 Å². The summed E-state index contributed by atoms with van der Waals surface area (Å²) in [6.45, 7) is 4.32. The van der Waals surface area contributed by atoms with Crippen LogP contribution in [0, 0.1) is 6.92 Å². The van der Waals surface area contributed by atoms with Crippen LogP contribution in [0.3, 0.4) is 0 Å². The quantitative estimate of drug-likeness (QED) is 0.509. The predicted molar refractivity (Wildman–Crippen MR) is 115 cm³/mol. The summed E-state index contributed by atoms with van der Waals surface area (Å²) >= 11 is 0. The molecule has 0 spiro atoms. The van der Waals surface area contributed by atoms with E-state index in [9.17, 15) is 19.2 Å². The molecule has 32 heavy (non-hydrogen) atoms. The van der Waals surface area contributed by atoms with Crippen molar-refractivity contribution in [3.8, 4) is 5.75 Å². The van der Waals surface area contributed by atoms with Crippen LogP contribution >= 0.6 is 0 Å². The Morgan fingerprint density at radius 2 is 1.78 bits per heavy atom. The minimum Gasteiger partial charge on any atom is -0.491 e. The normalized spacial score (nSPS) is 18.0. The first-order valence-corrected chi connectivity index (χ1v) is 10.4. The van der Waals surface area contributed by atoms with E-state index in [0.29, 0.717) is 42.1 Å². The number of hydrogen-bond donors (Lipinski definition) is 0. The molecule has 2 aromatic carbocycles. The molecule has 2 aliphatic rings. The molecule has 2 heterocycles. The number of imide groups is 1. The van der Waals surface area contributed by atoms with E-state index in [1.165, 1.54) is 6.92 Å². The van der Waals surface area contributed by atoms with Crippen LogP contribution in [0.4, 0.5) is 0 Å². The fourth-order valence-corrected chi connectivity index (χ4v) is 3.97. The molecule has 1 unspecified atom stereocenters. The van der Waals surface area contributed by atoms with Gasteiger partial charge in [0.05, 0.1) is 24.3 Å². The summed E-state index contributed by atoms with van der Waals surface area (Å²) in [5.41, 5.74) is 2.13. The average molecular weight is 436 g/mol. The van der Waals surface area contributed by atoms with Gasteiger partial charge < -0.3 is 14.4 Å². The molecule has 0 aliphatic carbocycles. The third kappa shape index (κ3) is 4.27. The van der Waals surface area contributed by atoms with Crippen molar-refractivity contribution in [3.63, 3.8) is 0 Å². The minimum absolute atomic E-state index is 0.00289. The Morgan fingerprint density at radius 1 is 1.09 bits per heavy atom. The first-order valence-electron chi connectivity index (χ1n) is 10.4. The highest BCUT2D eigenvalue weighted by Gasteiger charge is 2.37. The second kappa shape index (κ2) is 8.92. The molecule has 0 radical (unpaired) electrons. The lowest BCUT2D eigenvalue weighted by Gasteiger charge is -2.33. The van der Waals surface area contributed by atoms with Gasteiger partial charge in [0.25, 0.3) is 11.8 Å². The van der Waals surface area contributed by atoms with Gasteiger partial charge in [-0.1, -0.05) is 12.1 Å². The summed E-state index contributed by atoms with van der Waals surface area (Å²) in [5, 5.41) is 0. The van der Waals surface area contributed by atoms with Crippen molar-refractivity contribution >= 4 is 23.5 Å². The average Bonchev–Trinajstić information content (AvgIpc) is 3.02. The second-order valence-electron chi connectivity index (χ2n) is 7.92. The lowest BCUT2D eigenvalue weighted by Crippen LogP contribution is -2.51. The molecule has 0 aromatic heterocycles. The molecule has 166 valence electrons. The zero-order valence-corrected chi connectivity index (χ0v) is 18.0. The van der Waals surface area contributed by atoms with Crippen LogP contribution in [0.25, 0.3) is 0 Å². The van der Waals surface area contributed by atoms with E-state index in [2.05, 4.69) is 0 Å². The number of benzene rings is 2. The number of Topliss-reactive ketones (excluding diaryl/α,β-unsaturated/α-hetero) is 1. The number of fused-ring (bicyclic) bond motifs is 1. The second-order valence-corrected chi connectivity index (χ2v) is 7.92. The van der Waals surface area contributed by atoms with Gasteiger partial charge in [-0.15, -0.1) is 0 Å². The Kier molecular flexibility index (Phi) is 6.05. The van der Waals surface area contributed by atoms with Gasteiger partial charge in [-0.2, -0.15) is 0 Å². The third-order valence-corrected chi connectivity index (χ3v) is 5.68. The summed E-state index contributed by atoms with van der Waals surface area (Å²) in [5.74, 6) is -0.593. The molecular weight excluding hydrogens is 412 g/mol. The highest BCUT2D eigenvalue weighted by Crippen LogP contribution is 2.23. The van der Waals surface area contributed by atoms with E-state index in [1.54, 1.807) is 47.4 Å². The summed E-state index contributed by atoms with van der Waals surface area (Å²) in [4.78, 5) is 52.0. The van der Waals surface area contributed by atoms with E-state index in [0.717, 1.165) is 10.5 Å². The monoisotopic (exact) mass is 436 g/mol. The standard InChI is InChI=1S/C24H24N2O6/c1-15-11-17(7-8-19(15)16(2)27)32-14-18-12-25(9-10-31-18)22(28)13-26-23(29)20-5-3-4-6-21(20)24(26)30/h3-8,11,18H,9-10,12-14H2,1-2H3. The summed E-state index contributed by atoms with van der Waals surface area (Å²) in [6, 6.07) is 11.8. The summed E-state index contributed by atoms with van der Waals surface area (Å²) in [6.07, 6.45) is -0.345. The number of carbonyl (C=O) groups excluding carboxylic acids is 4. The van der Waals surface area contributed by atoms with Crippen molar-refractivity contribution in [3.05, 3.63) is 64.7 Å². The van der Waals surface area contributed by atoms with Crippen molar-refractivity contribution in [2.75, 3.05) is 32.8 Å². The number of nitrogens with zero attached hydrogens (tertiary/aromatic N) is 2. The largest absolute Gasteiger partial charge is 0.491 e. The van der Waals surface area contributed by atoms with Crippen LogP contribution < -0.4 is 4.74 Å². The molecule has 2 aromatic rings. The fourth-order valence-electron chi connectivity index (χ4n) is 3.97. The molecule has 1 fully saturated rings. The number of hydrogen-bond acceptors (Lipinski definition) is 6. The first-order chi connectivity index (χ1) is 15.3. The van der Waals surface area contributed by atoms with Crippen LogP contribution in [0.1, 0.15) is 43.6 Å². The smallest absolute Gasteiger partial charge is 0.262 e. The molecule has 1 atom stereocenters. The Morgan fingerprint density at radius 3 is 2.41 bits per heavy atom. The summed E-state index contributed by atoms with van der Waals surface area (Å²) in [7, 11) is 0. The lowest BCUT2D eigenvalue weighted by molar-refractivity contribution is -0.140. The van der Waals surface area contributed by atoms with Gasteiger partial charge in [-0.3, -0.25) is 24.1 Å². The van der Waals surface area contributed by atoms with E-state index < -0.39 is 11.8 Å². The van der Waals surface area contributed by atoms with Crippen molar-refractivity contribution in [2.45, 2.75) is 20.0 Å². The Bertz CT molecular complexity index is 1060. The van der Waals surface area contributed by atoms with Crippen molar-refractivity contribution in [2.24, 2.45) is 0 Å². The number of morpholine rings is 1. The van der Waals surface area contributed by atoms with Crippen LogP contribution in [0.15, 0.2) is 42.5 Å². The molecule has 0 N–H and O–H groups in total. The predicted octanol–water partition coefficient (Wildman–Crippen LogP) is 2.10. The molecule has 2 aliphatic heterocycles. The number of aryl methyl sites for hydroxylation is 1. The third-order valence-electron chi connectivity index (χ3n) is 5.68. The number of ketones is 1. The maximum Gasteiger partial charge on any atom is 0.262 e. The lowest BCUT2D eigenvalue weighted by atomic mass is 10.1. The Hall–Kier alpha value is -3.52. The van der Waals surface area contributed by atoms with E-state index in [1.807, 2.05) is 6.92 Å². The maximum atomic E-state index is 12.8. The molecule has 4 rings (SSSR count). The number of amides is 3. The fraction of sp³-hybridized carbons (Fsp3) is 0.333. The SMILES string of the molecule is CC(=O)c1ccc(OCC2CN(C(=O)CN3C(=O)c4ccccc4C3=O)CCO2)cc1C. The number of carbonyl (C=O) groups is 4. The first kappa shape index (κ1) is 21.7. The van der Waals surface area contributed by atoms with Gasteiger partial charge in [-0.05, 0) is 49.7 Å². The number of ether oxygens (including phenoxy) is 2. The van der Waals surface area contributed by atoms with E-state index in [-0.39, 0.29) is 30.9 Å². The Labute approximate surface area is 185 Å². The van der Waals surface area contributed by atoms with Crippen molar-refractivity contribution in [1.82, 2.24) is 9.80 Å². The van der Waals surface area contributed by atoms with Crippen LogP contribution in [0.2, 0.25) is 0 Å². The molecule has 8 heteroatoms. The zero-order chi connectivity index (χ0) is 22.8. The van der Waals surface area contributed by atoms with Gasteiger partial charge in [0.2, 0.25) is 5.91 Å². The van der Waals surface area contributed by atoms with Gasteiger partial charge in [0.15, 0.2) is 5.78 Å². The van der Waals surface area contributed by atoms with Crippen LogP contribution in [-0.2, 0) is 9.53 Å². The van der Waals surface area contributed by atoms with Gasteiger partial charge in [0, 0.05) is 12.1 Å². The van der Waals surface area contributed by atoms with Crippen molar-refractivity contribution in [1.29, 1.82) is 0 Å². The highest BCUT2D eigenvalue weighted by molar-refractivity contribution is 6.22. The van der Waals surface area contributed by atoms with E-state index in [4.69, 9.17) is 9.47 Å². The molecule has 1 saturated heterocycles. The van der Waals surface area contributed by atoms with Crippen molar-refractivity contribution < 1.29 is 28.7 Å². The molecule has 3 amide bonds. The molecule has 0 bridgehead atoms. The maximum absolute atomic E-state index is 12.8. The topological polar surface area (TPSA) is 93.2 Å². The van der Waals surface area contributed by atoms with Gasteiger partial charge in [-0.25, -0.2) is 0 Å². The highest BCUT2D eigenvalue weighted by atomic mass is 16.5. The molecule has 0 saturated carbocycles. The van der Waals surface area contributed by atoms with Gasteiger partial charge in [0.1, 0.15) is 25.0 Å². The summed E-state index contributed by atoms with van der Waals surface area (Å²) < 4.78 is 11.5. The van der Waals surface area contributed by atoms with Gasteiger partial charge >= 0.3 is 0 Å². The number of rotatable bonds is 6. The zero-order valence-electron chi connectivity index (χ0n) is 18.0. The van der Waals surface area contributed by atoms with Crippen LogP contribution in [-0.4, -0.2) is 72.3 Å². The Balaban J connectivity index is 1.34. The minimum atomic E-state index is -0.448. The molecule has 8 nitrogen and oxygen atoms in total.